The maximum absolute atomic E-state index is 11.9. The Morgan fingerprint density at radius 3 is 2.41 bits per heavy atom. The van der Waals surface area contributed by atoms with Crippen LogP contribution in [0.4, 0.5) is 0 Å². The van der Waals surface area contributed by atoms with Crippen LogP contribution in [-0.4, -0.2) is 22.7 Å². The molecule has 1 aromatic rings. The van der Waals surface area contributed by atoms with Gasteiger partial charge in [0.15, 0.2) is 0 Å². The molecule has 1 heterocycles. The molecular weight excluding hydrogens is 366 g/mol. The predicted molar refractivity (Wildman–Crippen MR) is 88.5 cm³/mol. The molecule has 122 valence electrons. The van der Waals surface area contributed by atoms with E-state index in [2.05, 4.69) is 20.9 Å². The van der Waals surface area contributed by atoms with Crippen molar-refractivity contribution < 1.29 is 14.6 Å². The molecule has 0 amide bonds. The lowest BCUT2D eigenvalue weighted by Crippen LogP contribution is -2.40. The van der Waals surface area contributed by atoms with Gasteiger partial charge in [0, 0.05) is 0 Å². The minimum absolute atomic E-state index is 0.00249. The fourth-order valence-electron chi connectivity index (χ4n) is 3.67. The lowest BCUT2D eigenvalue weighted by atomic mass is 9.71. The molecule has 4 nitrogen and oxygen atoms in total. The van der Waals surface area contributed by atoms with E-state index < -0.39 is 5.60 Å². The zero-order chi connectivity index (χ0) is 15.7. The van der Waals surface area contributed by atoms with Gasteiger partial charge in [0.2, 0.25) is 0 Å². The molecule has 0 bridgehead atoms. The van der Waals surface area contributed by atoms with Gasteiger partial charge in [-0.25, -0.2) is 4.98 Å². The van der Waals surface area contributed by atoms with Gasteiger partial charge >= 0.3 is 5.97 Å². The number of hydrogen-bond acceptors (Lipinski definition) is 5. The summed E-state index contributed by atoms with van der Waals surface area (Å²) in [4.78, 5) is 16.3. The number of esters is 1. The van der Waals surface area contributed by atoms with Crippen LogP contribution in [-0.2, 0) is 15.1 Å². The molecule has 0 aromatic carbocycles. The van der Waals surface area contributed by atoms with E-state index in [1.165, 1.54) is 11.3 Å². The zero-order valence-corrected chi connectivity index (χ0v) is 15.2. The van der Waals surface area contributed by atoms with Crippen molar-refractivity contribution in [1.82, 2.24) is 4.98 Å². The fourth-order valence-corrected chi connectivity index (χ4v) is 5.13. The fraction of sp³-hybridized carbons (Fsp3) is 0.750. The van der Waals surface area contributed by atoms with Crippen molar-refractivity contribution >= 4 is 33.2 Å². The molecular formula is C16H22BrNO3S. The van der Waals surface area contributed by atoms with E-state index in [1.54, 1.807) is 6.20 Å². The second-order valence-electron chi connectivity index (χ2n) is 6.37. The van der Waals surface area contributed by atoms with Gasteiger partial charge in [-0.3, -0.25) is 4.79 Å². The molecule has 2 aliphatic carbocycles. The summed E-state index contributed by atoms with van der Waals surface area (Å²) >= 11 is 4.98. The van der Waals surface area contributed by atoms with Gasteiger partial charge in [0.1, 0.15) is 10.6 Å². The first-order valence-electron chi connectivity index (χ1n) is 8.06. The molecule has 6 heteroatoms. The summed E-state index contributed by atoms with van der Waals surface area (Å²) in [5.74, 6) is 0.453. The molecule has 0 saturated heterocycles. The molecule has 2 aliphatic rings. The van der Waals surface area contributed by atoms with E-state index >= 15 is 0 Å². The summed E-state index contributed by atoms with van der Waals surface area (Å²) in [6.45, 7) is 2.29. The number of carbonyl (C=O) groups excluding carboxylic acids is 1. The molecule has 0 spiro atoms. The Kier molecular flexibility index (Phi) is 4.90. The van der Waals surface area contributed by atoms with Crippen LogP contribution < -0.4 is 0 Å². The average molecular weight is 388 g/mol. The Morgan fingerprint density at radius 1 is 1.36 bits per heavy atom. The molecule has 22 heavy (non-hydrogen) atoms. The molecule has 0 radical (unpaired) electrons. The number of ether oxygens (including phenoxy) is 1. The molecule has 0 aliphatic heterocycles. The minimum Gasteiger partial charge on any atom is -0.466 e. The van der Waals surface area contributed by atoms with Gasteiger partial charge in [-0.1, -0.05) is 0 Å². The molecule has 2 fully saturated rings. The van der Waals surface area contributed by atoms with Crippen molar-refractivity contribution in [3.8, 4) is 0 Å². The van der Waals surface area contributed by atoms with Crippen LogP contribution in [0.1, 0.15) is 50.5 Å². The Morgan fingerprint density at radius 2 is 1.95 bits per heavy atom. The first-order valence-corrected chi connectivity index (χ1v) is 9.67. The highest BCUT2D eigenvalue weighted by Crippen LogP contribution is 2.54. The molecule has 1 atom stereocenters. The van der Waals surface area contributed by atoms with Crippen molar-refractivity contribution in [3.05, 3.63) is 15.0 Å². The van der Waals surface area contributed by atoms with Crippen molar-refractivity contribution in [2.45, 2.75) is 51.0 Å². The molecule has 1 aromatic heterocycles. The third kappa shape index (κ3) is 3.10. The van der Waals surface area contributed by atoms with Crippen molar-refractivity contribution in [2.24, 2.45) is 17.8 Å². The van der Waals surface area contributed by atoms with Crippen LogP contribution in [0.2, 0.25) is 0 Å². The van der Waals surface area contributed by atoms with Crippen molar-refractivity contribution in [3.63, 3.8) is 0 Å². The van der Waals surface area contributed by atoms with E-state index in [0.29, 0.717) is 12.5 Å². The van der Waals surface area contributed by atoms with Crippen molar-refractivity contribution in [1.29, 1.82) is 0 Å². The number of halogens is 1. The van der Waals surface area contributed by atoms with E-state index in [-0.39, 0.29) is 17.8 Å². The summed E-state index contributed by atoms with van der Waals surface area (Å²) < 4.78 is 6.09. The first kappa shape index (κ1) is 16.4. The van der Waals surface area contributed by atoms with Crippen molar-refractivity contribution in [2.75, 3.05) is 6.61 Å². The SMILES string of the molecule is CCOC(=O)[C@H]1CC[C@H]([C@@](O)(c2ncc(Br)s2)C2CC2)CC1. The third-order valence-corrected chi connectivity index (χ3v) is 6.61. The van der Waals surface area contributed by atoms with Crippen LogP contribution >= 0.6 is 27.3 Å². The van der Waals surface area contributed by atoms with Crippen LogP contribution in [0.15, 0.2) is 9.98 Å². The second kappa shape index (κ2) is 6.57. The van der Waals surface area contributed by atoms with Gasteiger partial charge in [0.05, 0.1) is 22.5 Å². The number of aliphatic hydroxyl groups is 1. The normalized spacial score (nSPS) is 28.1. The minimum atomic E-state index is -0.809. The molecule has 0 unspecified atom stereocenters. The Bertz CT molecular complexity index is 537. The van der Waals surface area contributed by atoms with Gasteiger partial charge in [0.25, 0.3) is 0 Å². The van der Waals surface area contributed by atoms with Crippen LogP contribution in [0.25, 0.3) is 0 Å². The second-order valence-corrected chi connectivity index (χ2v) is 8.78. The standard InChI is InChI=1S/C16H22BrNO3S/c1-2-21-14(19)10-3-5-11(6-4-10)16(20,12-7-8-12)15-18-9-13(17)22-15/h9-12,20H,2-8H2,1H3/t10-,11-,16-/m0/s1. The molecule has 2 saturated carbocycles. The Balaban J connectivity index is 1.71. The maximum atomic E-state index is 11.9. The number of rotatable bonds is 5. The van der Waals surface area contributed by atoms with E-state index in [9.17, 15) is 9.90 Å². The molecule has 3 rings (SSSR count). The van der Waals surface area contributed by atoms with E-state index in [1.807, 2.05) is 6.92 Å². The molecule has 1 N–H and O–H groups in total. The van der Waals surface area contributed by atoms with Gasteiger partial charge in [-0.05, 0) is 73.2 Å². The summed E-state index contributed by atoms with van der Waals surface area (Å²) in [5, 5.41) is 12.2. The Hall–Kier alpha value is -0.460. The topological polar surface area (TPSA) is 59.4 Å². The Labute approximate surface area is 143 Å². The predicted octanol–water partition coefficient (Wildman–Crippen LogP) is 3.87. The number of carbonyl (C=O) groups is 1. The lowest BCUT2D eigenvalue weighted by molar-refractivity contribution is -0.151. The number of hydrogen-bond donors (Lipinski definition) is 1. The average Bonchev–Trinajstić information content (AvgIpc) is 3.29. The zero-order valence-electron chi connectivity index (χ0n) is 12.8. The maximum Gasteiger partial charge on any atom is 0.308 e. The summed E-state index contributed by atoms with van der Waals surface area (Å²) in [5.41, 5.74) is -0.809. The largest absolute Gasteiger partial charge is 0.466 e. The van der Waals surface area contributed by atoms with Gasteiger partial charge in [-0.2, -0.15) is 0 Å². The number of nitrogens with zero attached hydrogens (tertiary/aromatic N) is 1. The summed E-state index contributed by atoms with van der Waals surface area (Å²) in [7, 11) is 0. The first-order chi connectivity index (χ1) is 10.6. The van der Waals surface area contributed by atoms with Crippen LogP contribution in [0.5, 0.6) is 0 Å². The lowest BCUT2D eigenvalue weighted by Gasteiger charge is -2.39. The van der Waals surface area contributed by atoms with Crippen LogP contribution in [0, 0.1) is 17.8 Å². The number of aromatic nitrogens is 1. The highest BCUT2D eigenvalue weighted by Gasteiger charge is 2.53. The smallest absolute Gasteiger partial charge is 0.308 e. The third-order valence-electron chi connectivity index (χ3n) is 4.99. The summed E-state index contributed by atoms with van der Waals surface area (Å²) in [6, 6.07) is 0. The summed E-state index contributed by atoms with van der Waals surface area (Å²) in [6.07, 6.45) is 7.28. The highest BCUT2D eigenvalue weighted by atomic mass is 79.9. The van der Waals surface area contributed by atoms with E-state index in [4.69, 9.17) is 4.74 Å². The number of thiazole rings is 1. The van der Waals surface area contributed by atoms with Crippen LogP contribution in [0.3, 0.4) is 0 Å². The highest BCUT2D eigenvalue weighted by molar-refractivity contribution is 9.11. The van der Waals surface area contributed by atoms with E-state index in [0.717, 1.165) is 47.3 Å². The quantitative estimate of drug-likeness (QED) is 0.778. The van der Waals surface area contributed by atoms with Gasteiger partial charge in [-0.15, -0.1) is 11.3 Å². The van der Waals surface area contributed by atoms with Gasteiger partial charge < -0.3 is 9.84 Å². The monoisotopic (exact) mass is 387 g/mol.